The number of benzene rings is 1. The number of rotatable bonds is 10. The summed E-state index contributed by atoms with van der Waals surface area (Å²) in [6, 6.07) is 11.0. The number of halogens is 1. The molecule has 2 heterocycles. The lowest BCUT2D eigenvalue weighted by Crippen LogP contribution is -2.48. The highest BCUT2D eigenvalue weighted by Gasteiger charge is 2.33. The summed E-state index contributed by atoms with van der Waals surface area (Å²) >= 11 is 3.37. The Morgan fingerprint density at radius 1 is 1.02 bits per heavy atom. The van der Waals surface area contributed by atoms with Crippen LogP contribution in [0.15, 0.2) is 58.2 Å². The zero-order chi connectivity index (χ0) is 28.5. The van der Waals surface area contributed by atoms with E-state index in [4.69, 9.17) is 0 Å². The molecule has 2 amide bonds. The summed E-state index contributed by atoms with van der Waals surface area (Å²) in [5.41, 5.74) is 0.485. The Morgan fingerprint density at radius 2 is 1.77 bits per heavy atom. The van der Waals surface area contributed by atoms with E-state index in [1.54, 1.807) is 36.4 Å². The number of aromatic nitrogens is 1. The van der Waals surface area contributed by atoms with Gasteiger partial charge in [0.15, 0.2) is 10.8 Å². The third kappa shape index (κ3) is 8.20. The molecule has 0 radical (unpaired) electrons. The van der Waals surface area contributed by atoms with Crippen molar-refractivity contribution >= 4 is 43.6 Å². The molecule has 2 fully saturated rings. The van der Waals surface area contributed by atoms with Crippen LogP contribution in [0.25, 0.3) is 0 Å². The van der Waals surface area contributed by atoms with Gasteiger partial charge in [0, 0.05) is 35.2 Å². The van der Waals surface area contributed by atoms with Gasteiger partial charge in [0.25, 0.3) is 15.9 Å². The maximum absolute atomic E-state index is 13.3. The lowest BCUT2D eigenvalue weighted by Gasteiger charge is -2.27. The van der Waals surface area contributed by atoms with Crippen molar-refractivity contribution in [1.29, 1.82) is 0 Å². The van der Waals surface area contributed by atoms with Crippen LogP contribution in [0.2, 0.25) is 0 Å². The van der Waals surface area contributed by atoms with Gasteiger partial charge >= 0.3 is 0 Å². The second-order valence-corrected chi connectivity index (χ2v) is 13.5. The van der Waals surface area contributed by atoms with Crippen LogP contribution in [0.3, 0.4) is 0 Å². The quantitative estimate of drug-likeness (QED) is 0.406. The zero-order valence-electron chi connectivity index (χ0n) is 22.6. The molecule has 1 unspecified atom stereocenters. The number of carbonyl (C=O) groups is 3. The van der Waals surface area contributed by atoms with E-state index in [0.29, 0.717) is 37.2 Å². The molecule has 1 saturated carbocycles. The predicted molar refractivity (Wildman–Crippen MR) is 155 cm³/mol. The number of pyridine rings is 1. The van der Waals surface area contributed by atoms with Gasteiger partial charge in [0.1, 0.15) is 6.04 Å². The standard InChI is InChI=1S/C29H37BrN4O5S/c30-24-13-11-23(12-14-24)28(36)33-25(19-21-7-2-1-3-8-21)29(37)32-17-15-22-9-6-18-34(20-26(22)35)40(38,39)27-10-4-5-16-31-27/h4-5,10-14,16,21-22,25H,1-3,6-9,15,17-20H2,(H,32,37)(H,33,36)/t22?,25-/m0/s1. The van der Waals surface area contributed by atoms with Gasteiger partial charge < -0.3 is 10.6 Å². The highest BCUT2D eigenvalue weighted by atomic mass is 79.9. The summed E-state index contributed by atoms with van der Waals surface area (Å²) in [4.78, 5) is 43.1. The van der Waals surface area contributed by atoms with E-state index in [1.165, 1.54) is 23.0 Å². The van der Waals surface area contributed by atoms with Crippen LogP contribution in [0.1, 0.15) is 68.1 Å². The van der Waals surface area contributed by atoms with Crippen LogP contribution in [0.5, 0.6) is 0 Å². The van der Waals surface area contributed by atoms with E-state index in [1.807, 2.05) is 0 Å². The zero-order valence-corrected chi connectivity index (χ0v) is 25.0. The molecule has 1 aliphatic heterocycles. The van der Waals surface area contributed by atoms with E-state index in [-0.39, 0.29) is 48.2 Å². The van der Waals surface area contributed by atoms with Gasteiger partial charge in [0.2, 0.25) is 5.91 Å². The number of carbonyl (C=O) groups excluding carboxylic acids is 3. The molecule has 2 N–H and O–H groups in total. The van der Waals surface area contributed by atoms with E-state index >= 15 is 0 Å². The summed E-state index contributed by atoms with van der Waals surface area (Å²) in [6.45, 7) is 0.321. The smallest absolute Gasteiger partial charge is 0.260 e. The average molecular weight is 634 g/mol. The van der Waals surface area contributed by atoms with Crippen molar-refractivity contribution in [2.75, 3.05) is 19.6 Å². The topological polar surface area (TPSA) is 126 Å². The molecular weight excluding hydrogens is 596 g/mol. The second-order valence-electron chi connectivity index (χ2n) is 10.7. The van der Waals surface area contributed by atoms with Gasteiger partial charge in [-0.3, -0.25) is 14.4 Å². The second kappa shape index (κ2) is 14.3. The molecular formula is C29H37BrN4O5S. The fraction of sp³-hybridized carbons (Fsp3) is 0.517. The minimum atomic E-state index is -3.85. The van der Waals surface area contributed by atoms with Gasteiger partial charge in [-0.1, -0.05) is 54.1 Å². The van der Waals surface area contributed by atoms with E-state index in [9.17, 15) is 22.8 Å². The Hall–Kier alpha value is -2.63. The van der Waals surface area contributed by atoms with E-state index in [2.05, 4.69) is 31.5 Å². The average Bonchev–Trinajstić information content (AvgIpc) is 3.15. The number of nitrogens with zero attached hydrogens (tertiary/aromatic N) is 2. The van der Waals surface area contributed by atoms with Gasteiger partial charge in [0.05, 0.1) is 6.54 Å². The fourth-order valence-corrected chi connectivity index (χ4v) is 7.16. The molecule has 4 rings (SSSR count). The monoisotopic (exact) mass is 632 g/mol. The molecule has 2 aliphatic rings. The molecule has 11 heteroatoms. The largest absolute Gasteiger partial charge is 0.354 e. The van der Waals surface area contributed by atoms with Crippen molar-refractivity contribution < 1.29 is 22.8 Å². The van der Waals surface area contributed by atoms with Crippen molar-refractivity contribution in [1.82, 2.24) is 19.9 Å². The van der Waals surface area contributed by atoms with Crippen molar-refractivity contribution in [2.24, 2.45) is 11.8 Å². The molecule has 2 atom stereocenters. The van der Waals surface area contributed by atoms with Crippen LogP contribution in [-0.4, -0.2) is 61.0 Å². The third-order valence-electron chi connectivity index (χ3n) is 7.80. The first-order valence-corrected chi connectivity index (χ1v) is 16.3. The Morgan fingerprint density at radius 3 is 2.48 bits per heavy atom. The van der Waals surface area contributed by atoms with Crippen LogP contribution < -0.4 is 10.6 Å². The summed E-state index contributed by atoms with van der Waals surface area (Å²) in [7, 11) is -3.85. The van der Waals surface area contributed by atoms with Gasteiger partial charge in [-0.05, 0) is 68.0 Å². The van der Waals surface area contributed by atoms with Crippen molar-refractivity contribution in [3.8, 4) is 0 Å². The van der Waals surface area contributed by atoms with Gasteiger partial charge in [-0.2, -0.15) is 4.31 Å². The number of hydrogen-bond donors (Lipinski definition) is 2. The van der Waals surface area contributed by atoms with Crippen LogP contribution in [0, 0.1) is 11.8 Å². The molecule has 1 saturated heterocycles. The Labute approximate surface area is 244 Å². The molecule has 40 heavy (non-hydrogen) atoms. The summed E-state index contributed by atoms with van der Waals surface area (Å²) in [5.74, 6) is -0.676. The first-order valence-electron chi connectivity index (χ1n) is 14.0. The highest BCUT2D eigenvalue weighted by Crippen LogP contribution is 2.28. The maximum atomic E-state index is 13.3. The van der Waals surface area contributed by atoms with Crippen LogP contribution in [0.4, 0.5) is 0 Å². The molecule has 1 aromatic heterocycles. The fourth-order valence-electron chi connectivity index (χ4n) is 5.52. The van der Waals surface area contributed by atoms with Crippen LogP contribution >= 0.6 is 15.9 Å². The minimum absolute atomic E-state index is 0.0669. The summed E-state index contributed by atoms with van der Waals surface area (Å²) in [5, 5.41) is 5.80. The van der Waals surface area contributed by atoms with Crippen molar-refractivity contribution in [3.05, 3.63) is 58.7 Å². The predicted octanol–water partition coefficient (Wildman–Crippen LogP) is 4.09. The molecule has 0 bridgehead atoms. The third-order valence-corrected chi connectivity index (χ3v) is 10.1. The number of ketones is 1. The van der Waals surface area contributed by atoms with Crippen molar-refractivity contribution in [2.45, 2.75) is 68.9 Å². The Balaban J connectivity index is 1.33. The summed E-state index contributed by atoms with van der Waals surface area (Å²) < 4.78 is 28.0. The summed E-state index contributed by atoms with van der Waals surface area (Å²) in [6.07, 6.45) is 9.08. The Bertz CT molecular complexity index is 1270. The van der Waals surface area contributed by atoms with Gasteiger partial charge in [-0.25, -0.2) is 13.4 Å². The number of hydrogen-bond acceptors (Lipinski definition) is 6. The lowest BCUT2D eigenvalue weighted by atomic mass is 9.84. The first kappa shape index (κ1) is 30.3. The SMILES string of the molecule is O=C(N[C@@H](CC1CCCCC1)C(=O)NCCC1CCCN(S(=O)(=O)c2ccccn2)CC1=O)c1ccc(Br)cc1. The molecule has 1 aliphatic carbocycles. The number of nitrogens with one attached hydrogen (secondary N) is 2. The number of amides is 2. The molecule has 216 valence electrons. The Kier molecular flexibility index (Phi) is 10.9. The van der Waals surface area contributed by atoms with Gasteiger partial charge in [-0.15, -0.1) is 0 Å². The first-order chi connectivity index (χ1) is 19.2. The van der Waals surface area contributed by atoms with E-state index in [0.717, 1.165) is 30.2 Å². The molecule has 1 aromatic carbocycles. The molecule has 2 aromatic rings. The highest BCUT2D eigenvalue weighted by molar-refractivity contribution is 9.10. The van der Waals surface area contributed by atoms with Crippen molar-refractivity contribution in [3.63, 3.8) is 0 Å². The van der Waals surface area contributed by atoms with Crippen LogP contribution in [-0.2, 0) is 19.6 Å². The van der Waals surface area contributed by atoms with E-state index < -0.39 is 16.1 Å². The lowest BCUT2D eigenvalue weighted by molar-refractivity contribution is -0.125. The maximum Gasteiger partial charge on any atom is 0.260 e. The molecule has 0 spiro atoms. The minimum Gasteiger partial charge on any atom is -0.354 e. The molecule has 9 nitrogen and oxygen atoms in total. The number of Topliss-reactive ketones (excluding diaryl/α,β-unsaturated/α-hetero) is 1. The normalized spacial score (nSPS) is 19.9. The number of sulfonamides is 1.